The number of rotatable bonds is 8. The monoisotopic (exact) mass is 336 g/mol. The van der Waals surface area contributed by atoms with E-state index in [1.54, 1.807) is 19.1 Å². The first-order chi connectivity index (χ1) is 11.3. The van der Waals surface area contributed by atoms with Crippen LogP contribution < -0.4 is 14.8 Å². The number of aryl methyl sites for hydroxylation is 1. The van der Waals surface area contributed by atoms with Gasteiger partial charge in [0.1, 0.15) is 19.3 Å². The summed E-state index contributed by atoms with van der Waals surface area (Å²) in [5.74, 6) is 2.11. The van der Waals surface area contributed by atoms with Gasteiger partial charge in [-0.3, -0.25) is 0 Å². The van der Waals surface area contributed by atoms with E-state index in [0.29, 0.717) is 29.8 Å². The highest BCUT2D eigenvalue weighted by molar-refractivity contribution is 5.39. The zero-order valence-electron chi connectivity index (χ0n) is 14.7. The first kappa shape index (κ1) is 18.2. The average molecular weight is 336 g/mol. The zero-order valence-corrected chi connectivity index (χ0v) is 14.7. The zero-order chi connectivity index (χ0) is 17.6. The summed E-state index contributed by atoms with van der Waals surface area (Å²) in [6.07, 6.45) is -0.559. The van der Waals surface area contributed by atoms with E-state index in [-0.39, 0.29) is 18.8 Å². The van der Waals surface area contributed by atoms with Crippen molar-refractivity contribution in [2.75, 3.05) is 13.2 Å². The number of aromatic nitrogens is 2. The third-order valence-corrected chi connectivity index (χ3v) is 3.20. The Bertz CT molecular complexity index is 637. The molecule has 0 aliphatic carbocycles. The van der Waals surface area contributed by atoms with Crippen LogP contribution in [0.25, 0.3) is 0 Å². The molecule has 2 aromatic rings. The summed E-state index contributed by atoms with van der Waals surface area (Å²) in [4.78, 5) is 4.09. The van der Waals surface area contributed by atoms with Gasteiger partial charge in [0.05, 0.1) is 5.54 Å². The molecule has 2 rings (SSSR count). The number of hydrogen-bond donors (Lipinski definition) is 2. The minimum absolute atomic E-state index is 0.0736. The molecule has 0 radical (unpaired) electrons. The number of aliphatic hydroxyl groups is 1. The van der Waals surface area contributed by atoms with Gasteiger partial charge in [-0.05, 0) is 39.8 Å². The second-order valence-corrected chi connectivity index (χ2v) is 6.74. The van der Waals surface area contributed by atoms with Crippen LogP contribution in [-0.2, 0) is 6.61 Å². The number of hydrogen-bond acceptors (Lipinski definition) is 6. The second kappa shape index (κ2) is 8.12. The van der Waals surface area contributed by atoms with Crippen molar-refractivity contribution >= 4 is 0 Å². The van der Waals surface area contributed by atoms with Crippen LogP contribution in [0.5, 0.6) is 11.5 Å². The van der Waals surface area contributed by atoms with E-state index in [1.807, 2.05) is 12.1 Å². The molecule has 132 valence electrons. The van der Waals surface area contributed by atoms with Crippen molar-refractivity contribution < 1.29 is 24.4 Å². The SMILES string of the molecule is Cc1noc(COc2ccccc2OCC(O)C[NH2+]C(C)(C)C)n1. The maximum absolute atomic E-state index is 10.0. The van der Waals surface area contributed by atoms with Gasteiger partial charge in [-0.25, -0.2) is 0 Å². The van der Waals surface area contributed by atoms with Crippen molar-refractivity contribution in [2.24, 2.45) is 0 Å². The van der Waals surface area contributed by atoms with E-state index in [9.17, 15) is 5.11 Å². The van der Waals surface area contributed by atoms with Gasteiger partial charge in [-0.1, -0.05) is 17.3 Å². The molecule has 0 amide bonds. The lowest BCUT2D eigenvalue weighted by molar-refractivity contribution is -0.722. The van der Waals surface area contributed by atoms with E-state index in [2.05, 4.69) is 36.2 Å². The summed E-state index contributed by atoms with van der Waals surface area (Å²) < 4.78 is 16.4. The van der Waals surface area contributed by atoms with Crippen LogP contribution in [-0.4, -0.2) is 40.0 Å². The van der Waals surface area contributed by atoms with E-state index in [0.717, 1.165) is 0 Å². The average Bonchev–Trinajstić information content (AvgIpc) is 2.94. The molecule has 3 N–H and O–H groups in total. The number of nitrogens with two attached hydrogens (primary N) is 1. The largest absolute Gasteiger partial charge is 0.487 e. The van der Waals surface area contributed by atoms with Gasteiger partial charge in [0, 0.05) is 0 Å². The fourth-order valence-electron chi connectivity index (χ4n) is 1.97. The van der Waals surface area contributed by atoms with Crippen LogP contribution in [0.1, 0.15) is 32.5 Å². The molecule has 1 aromatic heterocycles. The van der Waals surface area contributed by atoms with Crippen molar-refractivity contribution in [3.8, 4) is 11.5 Å². The molecule has 0 fully saturated rings. The Kier molecular flexibility index (Phi) is 6.16. The molecule has 0 aliphatic rings. The molecule has 0 saturated carbocycles. The van der Waals surface area contributed by atoms with E-state index in [1.165, 1.54) is 0 Å². The van der Waals surface area contributed by atoms with E-state index >= 15 is 0 Å². The van der Waals surface area contributed by atoms with Crippen molar-refractivity contribution in [3.05, 3.63) is 36.0 Å². The summed E-state index contributed by atoms with van der Waals surface area (Å²) in [6.45, 7) is 9.00. The van der Waals surface area contributed by atoms with Crippen molar-refractivity contribution in [1.82, 2.24) is 10.1 Å². The Balaban J connectivity index is 1.86. The highest BCUT2D eigenvalue weighted by Gasteiger charge is 2.17. The van der Waals surface area contributed by atoms with Gasteiger partial charge >= 0.3 is 0 Å². The molecule has 1 heterocycles. The molecule has 7 heteroatoms. The minimum Gasteiger partial charge on any atom is -0.487 e. The normalized spacial score (nSPS) is 12.9. The van der Waals surface area contributed by atoms with Gasteiger partial charge in [0.25, 0.3) is 5.89 Å². The minimum atomic E-state index is -0.559. The lowest BCUT2D eigenvalue weighted by Gasteiger charge is -2.20. The van der Waals surface area contributed by atoms with E-state index < -0.39 is 6.10 Å². The molecule has 1 unspecified atom stereocenters. The van der Waals surface area contributed by atoms with Crippen molar-refractivity contribution in [3.63, 3.8) is 0 Å². The lowest BCUT2D eigenvalue weighted by atomic mass is 10.1. The molecule has 0 aliphatic heterocycles. The van der Waals surface area contributed by atoms with Gasteiger partial charge in [-0.15, -0.1) is 0 Å². The Morgan fingerprint density at radius 1 is 1.21 bits per heavy atom. The van der Waals surface area contributed by atoms with Crippen LogP contribution in [0.3, 0.4) is 0 Å². The van der Waals surface area contributed by atoms with Crippen molar-refractivity contribution in [1.29, 1.82) is 0 Å². The van der Waals surface area contributed by atoms with Crippen LogP contribution in [0.2, 0.25) is 0 Å². The first-order valence-electron chi connectivity index (χ1n) is 8.00. The van der Waals surface area contributed by atoms with Gasteiger partial charge in [0.15, 0.2) is 23.9 Å². The fraction of sp³-hybridized carbons (Fsp3) is 0.529. The predicted octanol–water partition coefficient (Wildman–Crippen LogP) is 1.06. The number of aliphatic hydroxyl groups excluding tert-OH is 1. The summed E-state index contributed by atoms with van der Waals surface area (Å²) in [7, 11) is 0. The first-order valence-corrected chi connectivity index (χ1v) is 8.00. The smallest absolute Gasteiger partial charge is 0.264 e. The number of para-hydroxylation sites is 2. The third kappa shape index (κ3) is 6.17. The maximum atomic E-state index is 10.0. The summed E-state index contributed by atoms with van der Waals surface area (Å²) in [6, 6.07) is 7.30. The molecular formula is C17H26N3O4+. The molecule has 0 bridgehead atoms. The van der Waals surface area contributed by atoms with Gasteiger partial charge in [-0.2, -0.15) is 4.98 Å². The highest BCUT2D eigenvalue weighted by atomic mass is 16.5. The van der Waals surface area contributed by atoms with Gasteiger partial charge in [0.2, 0.25) is 0 Å². The molecule has 24 heavy (non-hydrogen) atoms. The van der Waals surface area contributed by atoms with E-state index in [4.69, 9.17) is 14.0 Å². The lowest BCUT2D eigenvalue weighted by Crippen LogP contribution is -2.96. The maximum Gasteiger partial charge on any atom is 0.264 e. The van der Waals surface area contributed by atoms with Crippen LogP contribution in [0, 0.1) is 6.92 Å². The predicted molar refractivity (Wildman–Crippen MR) is 87.9 cm³/mol. The third-order valence-electron chi connectivity index (χ3n) is 3.20. The Hall–Kier alpha value is -2.12. The Morgan fingerprint density at radius 2 is 1.88 bits per heavy atom. The Labute approximate surface area is 142 Å². The molecule has 7 nitrogen and oxygen atoms in total. The second-order valence-electron chi connectivity index (χ2n) is 6.74. The molecular weight excluding hydrogens is 310 g/mol. The summed E-state index contributed by atoms with van der Waals surface area (Å²) >= 11 is 0. The fourth-order valence-corrected chi connectivity index (χ4v) is 1.97. The molecule has 0 spiro atoms. The topological polar surface area (TPSA) is 94.2 Å². The van der Waals surface area contributed by atoms with Crippen molar-refractivity contribution in [2.45, 2.75) is 45.9 Å². The Morgan fingerprint density at radius 3 is 2.46 bits per heavy atom. The quantitative estimate of drug-likeness (QED) is 0.748. The van der Waals surface area contributed by atoms with Gasteiger partial charge < -0.3 is 24.4 Å². The number of quaternary nitrogens is 1. The highest BCUT2D eigenvalue weighted by Crippen LogP contribution is 2.27. The molecule has 1 aromatic carbocycles. The van der Waals surface area contributed by atoms with Crippen LogP contribution in [0.15, 0.2) is 28.8 Å². The molecule has 0 saturated heterocycles. The standard InChI is InChI=1S/C17H25N3O4/c1-12-19-16(24-20-12)11-23-15-8-6-5-7-14(15)22-10-13(21)9-18-17(2,3)4/h5-8,13,18,21H,9-11H2,1-4H3/p+1. The summed E-state index contributed by atoms with van der Waals surface area (Å²) in [5, 5.41) is 15.8. The number of ether oxygens (including phenoxy) is 2. The van der Waals surface area contributed by atoms with Crippen LogP contribution >= 0.6 is 0 Å². The number of benzene rings is 1. The molecule has 1 atom stereocenters. The van der Waals surface area contributed by atoms with Crippen LogP contribution in [0.4, 0.5) is 0 Å². The number of nitrogens with zero attached hydrogens (tertiary/aromatic N) is 2. The summed E-state index contributed by atoms with van der Waals surface area (Å²) in [5.41, 5.74) is 0.0736.